The van der Waals surface area contributed by atoms with Crippen LogP contribution in [0.25, 0.3) is 0 Å². The first kappa shape index (κ1) is 13.8. The molecular weight excluding hydrogens is 240 g/mol. The van der Waals surface area contributed by atoms with Crippen molar-refractivity contribution in [3.63, 3.8) is 0 Å². The van der Waals surface area contributed by atoms with E-state index in [1.54, 1.807) is 6.20 Å². The van der Waals surface area contributed by atoms with E-state index in [0.717, 1.165) is 12.1 Å². The average molecular weight is 262 g/mol. The number of hydrogen-bond acceptors (Lipinski definition) is 4. The molecule has 0 bridgehead atoms. The molecule has 5 heteroatoms. The Labute approximate surface area is 114 Å². The van der Waals surface area contributed by atoms with Gasteiger partial charge < -0.3 is 10.3 Å². The van der Waals surface area contributed by atoms with Crippen molar-refractivity contribution in [2.24, 2.45) is 17.2 Å². The highest BCUT2D eigenvalue weighted by molar-refractivity contribution is 5.78. The van der Waals surface area contributed by atoms with Gasteiger partial charge in [-0.2, -0.15) is 0 Å². The first-order chi connectivity index (χ1) is 8.90. The van der Waals surface area contributed by atoms with Crippen LogP contribution in [0.2, 0.25) is 0 Å². The van der Waals surface area contributed by atoms with Crippen LogP contribution >= 0.6 is 0 Å². The fourth-order valence-electron chi connectivity index (χ4n) is 2.33. The van der Waals surface area contributed by atoms with Crippen LogP contribution in [0.15, 0.2) is 18.3 Å². The lowest BCUT2D eigenvalue weighted by molar-refractivity contribution is -0.128. The van der Waals surface area contributed by atoms with Crippen molar-refractivity contribution in [3.8, 4) is 0 Å². The Morgan fingerprint density at radius 3 is 2.68 bits per heavy atom. The quantitative estimate of drug-likeness (QED) is 0.643. The number of carbonyl (C=O) groups is 1. The first-order valence-corrected chi connectivity index (χ1v) is 6.59. The Morgan fingerprint density at radius 1 is 1.47 bits per heavy atom. The molecule has 1 atom stereocenters. The van der Waals surface area contributed by atoms with E-state index in [4.69, 9.17) is 5.84 Å². The first-order valence-electron chi connectivity index (χ1n) is 6.59. The van der Waals surface area contributed by atoms with Gasteiger partial charge in [-0.3, -0.25) is 4.79 Å². The van der Waals surface area contributed by atoms with Crippen molar-refractivity contribution < 1.29 is 4.79 Å². The molecule has 5 nitrogen and oxygen atoms in total. The van der Waals surface area contributed by atoms with E-state index in [0.29, 0.717) is 24.7 Å². The van der Waals surface area contributed by atoms with Gasteiger partial charge in [0.05, 0.1) is 0 Å². The summed E-state index contributed by atoms with van der Waals surface area (Å²) in [6, 6.07) is 3.76. The Bertz CT molecular complexity index is 450. The molecule has 19 heavy (non-hydrogen) atoms. The molecule has 1 aliphatic heterocycles. The van der Waals surface area contributed by atoms with Crippen LogP contribution in [0.4, 0.5) is 5.82 Å². The van der Waals surface area contributed by atoms with Gasteiger partial charge in [-0.05, 0) is 23.0 Å². The van der Waals surface area contributed by atoms with E-state index >= 15 is 0 Å². The third-order valence-corrected chi connectivity index (χ3v) is 3.79. The molecule has 1 aromatic rings. The number of amides is 1. The van der Waals surface area contributed by atoms with Crippen molar-refractivity contribution in [1.29, 1.82) is 0 Å². The summed E-state index contributed by atoms with van der Waals surface area (Å²) in [5.41, 5.74) is 3.70. The summed E-state index contributed by atoms with van der Waals surface area (Å²) in [6.45, 7) is 8.04. The van der Waals surface area contributed by atoms with Crippen LogP contribution < -0.4 is 11.3 Å². The second-order valence-electron chi connectivity index (χ2n) is 6.24. The van der Waals surface area contributed by atoms with Crippen molar-refractivity contribution in [2.45, 2.75) is 33.7 Å². The van der Waals surface area contributed by atoms with Gasteiger partial charge in [-0.1, -0.05) is 26.8 Å². The predicted molar refractivity (Wildman–Crippen MR) is 75.0 cm³/mol. The standard InChI is InChI=1S/C14H22N4O/c1-14(2,3)11-6-13(19)18(9-11)8-10-4-5-12(17-15)16-7-10/h4-5,7,11H,6,8-9,15H2,1-3H3,(H,16,17). The lowest BCUT2D eigenvalue weighted by Gasteiger charge is -2.26. The van der Waals surface area contributed by atoms with Crippen LogP contribution in [0.1, 0.15) is 32.8 Å². The van der Waals surface area contributed by atoms with Crippen LogP contribution in [0.3, 0.4) is 0 Å². The monoisotopic (exact) mass is 262 g/mol. The second-order valence-corrected chi connectivity index (χ2v) is 6.24. The lowest BCUT2D eigenvalue weighted by Crippen LogP contribution is -2.27. The van der Waals surface area contributed by atoms with Crippen LogP contribution in [-0.4, -0.2) is 22.3 Å². The summed E-state index contributed by atoms with van der Waals surface area (Å²) < 4.78 is 0. The number of rotatable bonds is 3. The number of anilines is 1. The van der Waals surface area contributed by atoms with Crippen LogP contribution in [0, 0.1) is 11.3 Å². The maximum Gasteiger partial charge on any atom is 0.223 e. The maximum atomic E-state index is 12.0. The van der Waals surface area contributed by atoms with Gasteiger partial charge in [0.25, 0.3) is 0 Å². The number of carbonyl (C=O) groups excluding carboxylic acids is 1. The Hall–Kier alpha value is -1.62. The summed E-state index contributed by atoms with van der Waals surface area (Å²) in [6.07, 6.45) is 2.41. The SMILES string of the molecule is CC(C)(C)C1CC(=O)N(Cc2ccc(NN)nc2)C1. The highest BCUT2D eigenvalue weighted by Crippen LogP contribution is 2.34. The molecule has 3 N–H and O–H groups in total. The summed E-state index contributed by atoms with van der Waals surface area (Å²) in [5, 5.41) is 0. The van der Waals surface area contributed by atoms with E-state index < -0.39 is 0 Å². The zero-order chi connectivity index (χ0) is 14.0. The van der Waals surface area contributed by atoms with Crippen molar-refractivity contribution in [1.82, 2.24) is 9.88 Å². The fraction of sp³-hybridized carbons (Fsp3) is 0.571. The number of likely N-dealkylation sites (tertiary alicyclic amines) is 1. The van der Waals surface area contributed by atoms with Crippen molar-refractivity contribution >= 4 is 11.7 Å². The highest BCUT2D eigenvalue weighted by atomic mass is 16.2. The number of nitrogens with one attached hydrogen (secondary N) is 1. The molecule has 1 fully saturated rings. The number of hydrazine groups is 1. The number of pyridine rings is 1. The molecular formula is C14H22N4O. The van der Waals surface area contributed by atoms with E-state index in [9.17, 15) is 4.79 Å². The number of hydrogen-bond donors (Lipinski definition) is 2. The van der Waals surface area contributed by atoms with E-state index in [1.165, 1.54) is 0 Å². The summed E-state index contributed by atoms with van der Waals surface area (Å²) in [4.78, 5) is 18.1. The molecule has 1 amide bonds. The molecule has 0 aliphatic carbocycles. The Kier molecular flexibility index (Phi) is 3.75. The minimum Gasteiger partial charge on any atom is -0.338 e. The number of nitrogens with two attached hydrogens (primary N) is 1. The maximum absolute atomic E-state index is 12.0. The molecule has 104 valence electrons. The zero-order valence-corrected chi connectivity index (χ0v) is 11.8. The summed E-state index contributed by atoms with van der Waals surface area (Å²) in [7, 11) is 0. The van der Waals surface area contributed by atoms with Crippen LogP contribution in [-0.2, 0) is 11.3 Å². The Morgan fingerprint density at radius 2 is 2.21 bits per heavy atom. The molecule has 0 spiro atoms. The topological polar surface area (TPSA) is 71.2 Å². The third kappa shape index (κ3) is 3.23. The average Bonchev–Trinajstić information content (AvgIpc) is 2.72. The summed E-state index contributed by atoms with van der Waals surface area (Å²) >= 11 is 0. The van der Waals surface area contributed by atoms with E-state index in [1.807, 2.05) is 17.0 Å². The minimum absolute atomic E-state index is 0.177. The van der Waals surface area contributed by atoms with Gasteiger partial charge in [-0.25, -0.2) is 10.8 Å². The van der Waals surface area contributed by atoms with Gasteiger partial charge in [0.2, 0.25) is 5.91 Å². The molecule has 0 aromatic carbocycles. The smallest absolute Gasteiger partial charge is 0.223 e. The Balaban J connectivity index is 2.01. The number of nitrogens with zero attached hydrogens (tertiary/aromatic N) is 2. The third-order valence-electron chi connectivity index (χ3n) is 3.79. The summed E-state index contributed by atoms with van der Waals surface area (Å²) in [5.74, 6) is 6.57. The molecule has 1 aromatic heterocycles. The van der Waals surface area contributed by atoms with Gasteiger partial charge in [0, 0.05) is 25.7 Å². The number of aromatic nitrogens is 1. The zero-order valence-electron chi connectivity index (χ0n) is 11.8. The normalized spacial score (nSPS) is 19.9. The molecule has 0 saturated carbocycles. The number of nitrogen functional groups attached to an aromatic ring is 1. The molecule has 2 heterocycles. The minimum atomic E-state index is 0.177. The largest absolute Gasteiger partial charge is 0.338 e. The second kappa shape index (κ2) is 5.17. The predicted octanol–water partition coefficient (Wildman–Crippen LogP) is 1.76. The van der Waals surface area contributed by atoms with Gasteiger partial charge in [0.15, 0.2) is 0 Å². The van der Waals surface area contributed by atoms with Crippen molar-refractivity contribution in [3.05, 3.63) is 23.9 Å². The highest BCUT2D eigenvalue weighted by Gasteiger charge is 2.36. The molecule has 1 aliphatic rings. The fourth-order valence-corrected chi connectivity index (χ4v) is 2.33. The van der Waals surface area contributed by atoms with Gasteiger partial charge in [-0.15, -0.1) is 0 Å². The molecule has 2 rings (SSSR count). The lowest BCUT2D eigenvalue weighted by atomic mass is 9.80. The van der Waals surface area contributed by atoms with Gasteiger partial charge >= 0.3 is 0 Å². The van der Waals surface area contributed by atoms with Gasteiger partial charge in [0.1, 0.15) is 5.82 Å². The molecule has 1 saturated heterocycles. The van der Waals surface area contributed by atoms with E-state index in [-0.39, 0.29) is 11.3 Å². The molecule has 1 unspecified atom stereocenters. The van der Waals surface area contributed by atoms with Crippen LogP contribution in [0.5, 0.6) is 0 Å². The van der Waals surface area contributed by atoms with Crippen molar-refractivity contribution in [2.75, 3.05) is 12.0 Å². The van der Waals surface area contributed by atoms with E-state index in [2.05, 4.69) is 31.2 Å². The molecule has 0 radical (unpaired) electrons.